The third-order valence-corrected chi connectivity index (χ3v) is 5.17. The van der Waals surface area contributed by atoms with Crippen molar-refractivity contribution >= 4 is 16.0 Å². The van der Waals surface area contributed by atoms with Crippen LogP contribution in [-0.2, 0) is 16.6 Å². The highest BCUT2D eigenvalue weighted by Gasteiger charge is 2.30. The predicted octanol–water partition coefficient (Wildman–Crippen LogP) is 0.269. The fraction of sp³-hybridized carbons (Fsp3) is 0.364. The first-order chi connectivity index (χ1) is 9.75. The van der Waals surface area contributed by atoms with Crippen LogP contribution in [0.25, 0.3) is 0 Å². The van der Waals surface area contributed by atoms with Gasteiger partial charge in [0.2, 0.25) is 10.0 Å². The van der Waals surface area contributed by atoms with Crippen molar-refractivity contribution in [2.75, 3.05) is 7.05 Å². The molecule has 2 rings (SSSR count). The number of hydrogen-bond acceptors (Lipinski definition) is 5. The third-order valence-electron chi connectivity index (χ3n) is 3.09. The van der Waals surface area contributed by atoms with Crippen molar-refractivity contribution in [2.45, 2.75) is 25.3 Å². The molecule has 2 aromatic rings. The summed E-state index contributed by atoms with van der Waals surface area (Å²) in [5.41, 5.74) is 0.345. The summed E-state index contributed by atoms with van der Waals surface area (Å²) in [6.07, 6.45) is 1.28. The Labute approximate surface area is 121 Å². The maximum Gasteiger partial charge on any atom is 0.352 e. The van der Waals surface area contributed by atoms with Crippen molar-refractivity contribution in [2.24, 2.45) is 0 Å². The normalized spacial score (nSPS) is 12.0. The van der Waals surface area contributed by atoms with Crippen molar-refractivity contribution < 1.29 is 18.3 Å². The highest BCUT2D eigenvalue weighted by Crippen LogP contribution is 2.26. The van der Waals surface area contributed by atoms with E-state index in [1.807, 2.05) is 0 Å². The van der Waals surface area contributed by atoms with E-state index in [9.17, 15) is 13.2 Å². The average Bonchev–Trinajstić information content (AvgIpc) is 2.97. The molecule has 9 nitrogen and oxygen atoms in total. The third kappa shape index (κ3) is 2.67. The zero-order chi connectivity index (χ0) is 15.8. The van der Waals surface area contributed by atoms with E-state index in [0.717, 1.165) is 4.31 Å². The smallest absolute Gasteiger partial charge is 0.352 e. The fourth-order valence-electron chi connectivity index (χ4n) is 2.09. The van der Waals surface area contributed by atoms with Gasteiger partial charge < -0.3 is 10.1 Å². The molecule has 0 unspecified atom stereocenters. The Hall–Kier alpha value is -2.20. The van der Waals surface area contributed by atoms with Gasteiger partial charge in [-0.3, -0.25) is 5.10 Å². The molecular weight excluding hydrogens is 298 g/mol. The van der Waals surface area contributed by atoms with Crippen LogP contribution in [0.4, 0.5) is 0 Å². The van der Waals surface area contributed by atoms with Gasteiger partial charge in [-0.1, -0.05) is 0 Å². The van der Waals surface area contributed by atoms with Crippen LogP contribution in [-0.4, -0.2) is 51.0 Å². The van der Waals surface area contributed by atoms with E-state index >= 15 is 0 Å². The molecule has 2 heterocycles. The number of nitrogens with one attached hydrogen (secondary N) is 2. The molecule has 0 radical (unpaired) electrons. The number of carboxylic acids is 1. The summed E-state index contributed by atoms with van der Waals surface area (Å²) in [6, 6.07) is 0. The van der Waals surface area contributed by atoms with Gasteiger partial charge in [0.15, 0.2) is 0 Å². The van der Waals surface area contributed by atoms with E-state index in [2.05, 4.69) is 20.2 Å². The lowest BCUT2D eigenvalue weighted by Gasteiger charge is -2.16. The molecule has 0 bridgehead atoms. The number of nitrogens with zero attached hydrogens (tertiary/aromatic N) is 3. The number of aryl methyl sites for hydroxylation is 1. The minimum Gasteiger partial charge on any atom is -0.477 e. The molecule has 0 aliphatic carbocycles. The maximum atomic E-state index is 12.6. The first-order valence-electron chi connectivity index (χ1n) is 5.98. The van der Waals surface area contributed by atoms with Crippen molar-refractivity contribution in [3.63, 3.8) is 0 Å². The van der Waals surface area contributed by atoms with Crippen molar-refractivity contribution in [3.05, 3.63) is 29.1 Å². The first kappa shape index (κ1) is 15.2. The van der Waals surface area contributed by atoms with Crippen molar-refractivity contribution in [1.29, 1.82) is 0 Å². The van der Waals surface area contributed by atoms with Gasteiger partial charge in [0, 0.05) is 18.3 Å². The monoisotopic (exact) mass is 313 g/mol. The minimum atomic E-state index is -3.84. The second-order valence-corrected chi connectivity index (χ2v) is 6.56. The first-order valence-corrected chi connectivity index (χ1v) is 7.42. The SMILES string of the molecule is Cc1[nH]c(C(=O)O)c(C)c1S(=O)(=O)N(C)Cc1ncn[nH]1. The van der Waals surface area contributed by atoms with Crippen LogP contribution in [0, 0.1) is 13.8 Å². The molecule has 2 aromatic heterocycles. The lowest BCUT2D eigenvalue weighted by atomic mass is 10.2. The Morgan fingerprint density at radius 3 is 2.57 bits per heavy atom. The second kappa shape index (κ2) is 5.30. The standard InChI is InChI=1S/C11H15N5O4S/c1-6-9(11(17)18)14-7(2)10(6)21(19,20)16(3)4-8-12-5-13-15-8/h5,14H,4H2,1-3H3,(H,17,18)(H,12,13,15). The summed E-state index contributed by atoms with van der Waals surface area (Å²) in [5, 5.41) is 15.3. The summed E-state index contributed by atoms with van der Waals surface area (Å²) < 4.78 is 26.3. The number of aromatic carboxylic acids is 1. The molecule has 0 saturated carbocycles. The molecule has 0 saturated heterocycles. The van der Waals surface area contributed by atoms with Gasteiger partial charge in [-0.05, 0) is 13.8 Å². The number of aromatic amines is 2. The summed E-state index contributed by atoms with van der Waals surface area (Å²) in [6.45, 7) is 2.99. The Kier molecular flexibility index (Phi) is 3.83. The number of carboxylic acid groups (broad SMARTS) is 1. The van der Waals surface area contributed by atoms with E-state index in [0.29, 0.717) is 5.82 Å². The van der Waals surface area contributed by atoms with E-state index in [4.69, 9.17) is 5.11 Å². The van der Waals surface area contributed by atoms with Crippen molar-refractivity contribution in [1.82, 2.24) is 24.5 Å². The fourth-order valence-corrected chi connectivity index (χ4v) is 3.62. The van der Waals surface area contributed by atoms with E-state index in [-0.39, 0.29) is 28.4 Å². The lowest BCUT2D eigenvalue weighted by Crippen LogP contribution is -2.27. The lowest BCUT2D eigenvalue weighted by molar-refractivity contribution is 0.0690. The van der Waals surface area contributed by atoms with E-state index in [1.165, 1.54) is 27.2 Å². The van der Waals surface area contributed by atoms with Gasteiger partial charge in [-0.25, -0.2) is 18.2 Å². The summed E-state index contributed by atoms with van der Waals surface area (Å²) in [7, 11) is -2.45. The van der Waals surface area contributed by atoms with Gasteiger partial charge >= 0.3 is 5.97 Å². The van der Waals surface area contributed by atoms with Crippen LogP contribution in [0.15, 0.2) is 11.2 Å². The van der Waals surface area contributed by atoms with Crippen LogP contribution in [0.2, 0.25) is 0 Å². The summed E-state index contributed by atoms with van der Waals surface area (Å²) >= 11 is 0. The molecule has 0 aliphatic rings. The second-order valence-electron chi connectivity index (χ2n) is 4.58. The number of H-pyrrole nitrogens is 2. The molecule has 0 aliphatic heterocycles. The number of sulfonamides is 1. The Bertz CT molecular complexity index is 763. The van der Waals surface area contributed by atoms with Gasteiger partial charge in [-0.15, -0.1) is 0 Å². The van der Waals surface area contributed by atoms with Crippen LogP contribution >= 0.6 is 0 Å². The van der Waals surface area contributed by atoms with Crippen molar-refractivity contribution in [3.8, 4) is 0 Å². The van der Waals surface area contributed by atoms with Gasteiger partial charge in [0.05, 0.1) is 6.54 Å². The average molecular weight is 313 g/mol. The zero-order valence-corrected chi connectivity index (χ0v) is 12.5. The zero-order valence-electron chi connectivity index (χ0n) is 11.7. The van der Waals surface area contributed by atoms with Gasteiger partial charge in [0.1, 0.15) is 22.7 Å². The van der Waals surface area contributed by atoms with E-state index < -0.39 is 16.0 Å². The molecular formula is C11H15N5O4S. The van der Waals surface area contributed by atoms with Crippen LogP contribution < -0.4 is 0 Å². The molecule has 0 amide bonds. The van der Waals surface area contributed by atoms with Crippen LogP contribution in [0.1, 0.15) is 27.6 Å². The quantitative estimate of drug-likeness (QED) is 0.725. The van der Waals surface area contributed by atoms with Gasteiger partial charge in [-0.2, -0.15) is 9.40 Å². The molecule has 0 aromatic carbocycles. The summed E-state index contributed by atoms with van der Waals surface area (Å²) in [5.74, 6) is -0.805. The topological polar surface area (TPSA) is 132 Å². The highest BCUT2D eigenvalue weighted by molar-refractivity contribution is 7.89. The number of hydrogen-bond donors (Lipinski definition) is 3. The Morgan fingerprint density at radius 2 is 2.10 bits per heavy atom. The number of rotatable bonds is 5. The number of aromatic nitrogens is 4. The van der Waals surface area contributed by atoms with Crippen LogP contribution in [0.3, 0.4) is 0 Å². The molecule has 0 fully saturated rings. The van der Waals surface area contributed by atoms with E-state index in [1.54, 1.807) is 0 Å². The maximum absolute atomic E-state index is 12.6. The Morgan fingerprint density at radius 1 is 1.43 bits per heavy atom. The highest BCUT2D eigenvalue weighted by atomic mass is 32.2. The van der Waals surface area contributed by atoms with Gasteiger partial charge in [0.25, 0.3) is 0 Å². The molecule has 114 valence electrons. The summed E-state index contributed by atoms with van der Waals surface area (Å²) in [4.78, 5) is 17.5. The predicted molar refractivity (Wildman–Crippen MR) is 72.3 cm³/mol. The largest absolute Gasteiger partial charge is 0.477 e. The molecule has 3 N–H and O–H groups in total. The Balaban J connectivity index is 2.42. The molecule has 21 heavy (non-hydrogen) atoms. The van der Waals surface area contributed by atoms with Crippen LogP contribution in [0.5, 0.6) is 0 Å². The molecule has 0 atom stereocenters. The number of carbonyl (C=O) groups is 1. The minimum absolute atomic E-state index is 0.00873. The molecule has 0 spiro atoms. The molecule has 10 heteroatoms.